The smallest absolute Gasteiger partial charge is 0.236 e. The predicted octanol–water partition coefficient (Wildman–Crippen LogP) is 1.32. The average molecular weight is 260 g/mol. The van der Waals surface area contributed by atoms with Crippen LogP contribution < -0.4 is 5.32 Å². The van der Waals surface area contributed by atoms with Crippen LogP contribution in [0.4, 0.5) is 0 Å². The van der Waals surface area contributed by atoms with Crippen molar-refractivity contribution in [2.45, 2.75) is 32.9 Å². The van der Waals surface area contributed by atoms with Crippen molar-refractivity contribution in [2.75, 3.05) is 13.1 Å². The van der Waals surface area contributed by atoms with Crippen molar-refractivity contribution >= 4 is 5.91 Å². The summed E-state index contributed by atoms with van der Waals surface area (Å²) in [7, 11) is 0. The van der Waals surface area contributed by atoms with Gasteiger partial charge in [-0.15, -0.1) is 0 Å². The zero-order valence-electron chi connectivity index (χ0n) is 11.5. The zero-order chi connectivity index (χ0) is 14.1. The van der Waals surface area contributed by atoms with Gasteiger partial charge in [-0.25, -0.2) is 0 Å². The fourth-order valence-corrected chi connectivity index (χ4v) is 1.59. The molecule has 0 saturated heterocycles. The Hall–Kier alpha value is -1.93. The van der Waals surface area contributed by atoms with E-state index in [1.54, 1.807) is 17.3 Å². The summed E-state index contributed by atoms with van der Waals surface area (Å²) >= 11 is 0. The molecule has 5 nitrogen and oxygen atoms in total. The molecule has 0 spiro atoms. The number of aromatic nitrogens is 1. The Morgan fingerprint density at radius 3 is 2.95 bits per heavy atom. The second kappa shape index (κ2) is 8.22. The molecule has 1 N–H and O–H groups in total. The van der Waals surface area contributed by atoms with Gasteiger partial charge in [-0.2, -0.15) is 5.26 Å². The third-order valence-corrected chi connectivity index (χ3v) is 2.60. The molecule has 0 bridgehead atoms. The molecule has 0 saturated carbocycles. The maximum Gasteiger partial charge on any atom is 0.236 e. The standard InChI is InChI=1S/C14H20N4O/c1-12(2)17-10-14(19)18(8-4-6-15)11-13-5-3-7-16-9-13/h3,5,7,9,12,17H,4,8,10-11H2,1-2H3. The van der Waals surface area contributed by atoms with Crippen LogP contribution in [0.3, 0.4) is 0 Å². The normalized spacial score (nSPS) is 10.2. The van der Waals surface area contributed by atoms with E-state index in [-0.39, 0.29) is 11.9 Å². The lowest BCUT2D eigenvalue weighted by Gasteiger charge is -2.22. The minimum atomic E-state index is 0.00723. The highest BCUT2D eigenvalue weighted by Crippen LogP contribution is 2.04. The lowest BCUT2D eigenvalue weighted by molar-refractivity contribution is -0.130. The van der Waals surface area contributed by atoms with Crippen molar-refractivity contribution in [3.8, 4) is 6.07 Å². The van der Waals surface area contributed by atoms with Gasteiger partial charge in [-0.3, -0.25) is 9.78 Å². The summed E-state index contributed by atoms with van der Waals surface area (Å²) in [6.07, 6.45) is 3.78. The third kappa shape index (κ3) is 5.98. The Balaban J connectivity index is 2.61. The van der Waals surface area contributed by atoms with E-state index in [0.717, 1.165) is 5.56 Å². The molecule has 5 heteroatoms. The van der Waals surface area contributed by atoms with Crippen LogP contribution in [-0.2, 0) is 11.3 Å². The van der Waals surface area contributed by atoms with Crippen molar-refractivity contribution in [1.82, 2.24) is 15.2 Å². The second-order valence-electron chi connectivity index (χ2n) is 4.62. The first-order valence-corrected chi connectivity index (χ1v) is 6.40. The summed E-state index contributed by atoms with van der Waals surface area (Å²) in [4.78, 5) is 17.8. The summed E-state index contributed by atoms with van der Waals surface area (Å²) in [6, 6.07) is 6.11. The molecule has 0 radical (unpaired) electrons. The number of hydrogen-bond acceptors (Lipinski definition) is 4. The molecular weight excluding hydrogens is 240 g/mol. The van der Waals surface area contributed by atoms with Gasteiger partial charge in [0.2, 0.25) is 5.91 Å². The Morgan fingerprint density at radius 2 is 2.37 bits per heavy atom. The SMILES string of the molecule is CC(C)NCC(=O)N(CCC#N)Cc1cccnc1. The Labute approximate surface area is 114 Å². The van der Waals surface area contributed by atoms with E-state index in [1.807, 2.05) is 26.0 Å². The molecule has 19 heavy (non-hydrogen) atoms. The van der Waals surface area contributed by atoms with Gasteiger partial charge in [0, 0.05) is 31.5 Å². The monoisotopic (exact) mass is 260 g/mol. The molecule has 1 aromatic rings. The van der Waals surface area contributed by atoms with Crippen molar-refractivity contribution < 1.29 is 4.79 Å². The molecule has 0 aliphatic carbocycles. The van der Waals surface area contributed by atoms with Crippen LogP contribution >= 0.6 is 0 Å². The Kier molecular flexibility index (Phi) is 6.55. The largest absolute Gasteiger partial charge is 0.336 e. The predicted molar refractivity (Wildman–Crippen MR) is 73.0 cm³/mol. The van der Waals surface area contributed by atoms with Crippen LogP contribution in [0.25, 0.3) is 0 Å². The first kappa shape index (κ1) is 15.1. The summed E-state index contributed by atoms with van der Waals surface area (Å²) in [6.45, 7) is 5.23. The zero-order valence-corrected chi connectivity index (χ0v) is 11.5. The first-order chi connectivity index (χ1) is 9.13. The molecule has 1 amide bonds. The molecule has 0 atom stereocenters. The highest BCUT2D eigenvalue weighted by molar-refractivity contribution is 5.78. The highest BCUT2D eigenvalue weighted by Gasteiger charge is 2.13. The lowest BCUT2D eigenvalue weighted by Crippen LogP contribution is -2.40. The van der Waals surface area contributed by atoms with Gasteiger partial charge in [0.05, 0.1) is 19.0 Å². The van der Waals surface area contributed by atoms with Crippen LogP contribution in [0, 0.1) is 11.3 Å². The maximum absolute atomic E-state index is 12.1. The minimum absolute atomic E-state index is 0.00723. The average Bonchev–Trinajstić information content (AvgIpc) is 2.41. The number of carbonyl (C=O) groups excluding carboxylic acids is 1. The van der Waals surface area contributed by atoms with E-state index >= 15 is 0 Å². The molecular formula is C14H20N4O. The molecule has 102 valence electrons. The van der Waals surface area contributed by atoms with E-state index in [1.165, 1.54) is 0 Å². The van der Waals surface area contributed by atoms with E-state index in [4.69, 9.17) is 5.26 Å². The number of pyridine rings is 1. The van der Waals surface area contributed by atoms with E-state index < -0.39 is 0 Å². The van der Waals surface area contributed by atoms with Crippen LogP contribution in [0.5, 0.6) is 0 Å². The molecule has 0 aromatic carbocycles. The number of nitrogens with one attached hydrogen (secondary N) is 1. The van der Waals surface area contributed by atoms with Crippen molar-refractivity contribution in [2.24, 2.45) is 0 Å². The maximum atomic E-state index is 12.1. The van der Waals surface area contributed by atoms with Crippen molar-refractivity contribution in [3.63, 3.8) is 0 Å². The minimum Gasteiger partial charge on any atom is -0.336 e. The topological polar surface area (TPSA) is 69.0 Å². The quantitative estimate of drug-likeness (QED) is 0.803. The van der Waals surface area contributed by atoms with E-state index in [9.17, 15) is 4.79 Å². The Morgan fingerprint density at radius 1 is 1.58 bits per heavy atom. The lowest BCUT2D eigenvalue weighted by atomic mass is 10.2. The van der Waals surface area contributed by atoms with E-state index in [2.05, 4.69) is 16.4 Å². The number of nitriles is 1. The second-order valence-corrected chi connectivity index (χ2v) is 4.62. The Bertz CT molecular complexity index is 425. The first-order valence-electron chi connectivity index (χ1n) is 6.40. The molecule has 0 aliphatic heterocycles. The van der Waals surface area contributed by atoms with Crippen molar-refractivity contribution in [1.29, 1.82) is 5.26 Å². The van der Waals surface area contributed by atoms with Crippen LogP contribution in [-0.4, -0.2) is 34.9 Å². The molecule has 0 fully saturated rings. The van der Waals surface area contributed by atoms with Crippen LogP contribution in [0.15, 0.2) is 24.5 Å². The van der Waals surface area contributed by atoms with Gasteiger partial charge in [0.1, 0.15) is 0 Å². The molecule has 0 aliphatic rings. The summed E-state index contributed by atoms with van der Waals surface area (Å²) in [5, 5.41) is 11.8. The van der Waals surface area contributed by atoms with Gasteiger partial charge in [-0.1, -0.05) is 19.9 Å². The number of hydrogen-bond donors (Lipinski definition) is 1. The molecule has 1 aromatic heterocycles. The highest BCUT2D eigenvalue weighted by atomic mass is 16.2. The number of carbonyl (C=O) groups is 1. The van der Waals surface area contributed by atoms with Crippen LogP contribution in [0.1, 0.15) is 25.8 Å². The van der Waals surface area contributed by atoms with Gasteiger partial charge < -0.3 is 10.2 Å². The molecule has 1 rings (SSSR count). The van der Waals surface area contributed by atoms with Gasteiger partial charge in [-0.05, 0) is 11.6 Å². The summed E-state index contributed by atoms with van der Waals surface area (Å²) < 4.78 is 0. The van der Waals surface area contributed by atoms with Crippen molar-refractivity contribution in [3.05, 3.63) is 30.1 Å². The summed E-state index contributed by atoms with van der Waals surface area (Å²) in [5.41, 5.74) is 0.971. The fraction of sp³-hybridized carbons (Fsp3) is 0.500. The third-order valence-electron chi connectivity index (χ3n) is 2.60. The van der Waals surface area contributed by atoms with Gasteiger partial charge in [0.25, 0.3) is 0 Å². The number of nitrogens with zero attached hydrogens (tertiary/aromatic N) is 3. The van der Waals surface area contributed by atoms with Gasteiger partial charge >= 0.3 is 0 Å². The molecule has 1 heterocycles. The molecule has 0 unspecified atom stereocenters. The number of amides is 1. The number of rotatable bonds is 7. The van der Waals surface area contributed by atoms with E-state index in [0.29, 0.717) is 26.1 Å². The summed E-state index contributed by atoms with van der Waals surface area (Å²) in [5.74, 6) is 0.00723. The fourth-order valence-electron chi connectivity index (χ4n) is 1.59. The van der Waals surface area contributed by atoms with Crippen LogP contribution in [0.2, 0.25) is 0 Å². The van der Waals surface area contributed by atoms with Gasteiger partial charge in [0.15, 0.2) is 0 Å².